The number of hydrogen-bond donors (Lipinski definition) is 1. The average molecular weight is 275 g/mol. The van der Waals surface area contributed by atoms with Gasteiger partial charge < -0.3 is 15.4 Å². The average Bonchev–Trinajstić information content (AvgIpc) is 2.32. The minimum Gasteiger partial charge on any atom is -0.378 e. The first kappa shape index (κ1) is 15.2. The fourth-order valence-electron chi connectivity index (χ4n) is 2.07. The first-order chi connectivity index (χ1) is 8.16. The summed E-state index contributed by atoms with van der Waals surface area (Å²) < 4.78 is 19.1. The third kappa shape index (κ3) is 3.83. The van der Waals surface area contributed by atoms with Crippen LogP contribution in [0.25, 0.3) is 0 Å². The van der Waals surface area contributed by atoms with E-state index in [1.807, 2.05) is 19.1 Å². The van der Waals surface area contributed by atoms with Crippen LogP contribution in [0.4, 0.5) is 10.1 Å². The van der Waals surface area contributed by atoms with Gasteiger partial charge in [0.2, 0.25) is 0 Å². The van der Waals surface area contributed by atoms with Crippen molar-refractivity contribution in [2.24, 2.45) is 5.73 Å². The normalized spacial score (nSPS) is 17.2. The highest BCUT2D eigenvalue weighted by Gasteiger charge is 2.13. The molecule has 1 aliphatic rings. The molecule has 1 unspecified atom stereocenters. The van der Waals surface area contributed by atoms with E-state index < -0.39 is 0 Å². The maximum absolute atomic E-state index is 13.9. The van der Waals surface area contributed by atoms with Crippen molar-refractivity contribution in [3.05, 3.63) is 29.6 Å². The Bertz CT molecular complexity index is 381. The fraction of sp³-hybridized carbons (Fsp3) is 0.538. The summed E-state index contributed by atoms with van der Waals surface area (Å²) in [6.45, 7) is 4.96. The lowest BCUT2D eigenvalue weighted by molar-refractivity contribution is 0.122. The molecule has 1 heterocycles. The van der Waals surface area contributed by atoms with Gasteiger partial charge in [-0.05, 0) is 31.0 Å². The Morgan fingerprint density at radius 2 is 2.06 bits per heavy atom. The molecule has 5 heteroatoms. The number of anilines is 1. The Hall–Kier alpha value is -0.840. The van der Waals surface area contributed by atoms with Crippen molar-refractivity contribution in [1.29, 1.82) is 0 Å². The Labute approximate surface area is 114 Å². The molecule has 2 rings (SSSR count). The molecule has 0 aliphatic carbocycles. The molecule has 1 aromatic rings. The van der Waals surface area contributed by atoms with E-state index in [-0.39, 0.29) is 24.3 Å². The number of morpholine rings is 1. The Morgan fingerprint density at radius 3 is 2.61 bits per heavy atom. The van der Waals surface area contributed by atoms with Gasteiger partial charge in [0.1, 0.15) is 5.82 Å². The molecule has 1 saturated heterocycles. The summed E-state index contributed by atoms with van der Waals surface area (Å²) in [6, 6.07) is 5.39. The zero-order chi connectivity index (χ0) is 12.3. The van der Waals surface area contributed by atoms with Crippen molar-refractivity contribution in [2.75, 3.05) is 31.2 Å². The number of halogens is 2. The molecule has 1 aromatic carbocycles. The third-order valence-electron chi connectivity index (χ3n) is 2.95. The predicted octanol–water partition coefficient (Wildman–Crippen LogP) is 1.97. The molecule has 0 radical (unpaired) electrons. The van der Waals surface area contributed by atoms with E-state index in [2.05, 4.69) is 4.90 Å². The van der Waals surface area contributed by atoms with Gasteiger partial charge in [-0.1, -0.05) is 6.07 Å². The minimum absolute atomic E-state index is 0. The highest BCUT2D eigenvalue weighted by molar-refractivity contribution is 5.85. The van der Waals surface area contributed by atoms with E-state index in [0.717, 1.165) is 18.8 Å². The maximum Gasteiger partial charge on any atom is 0.128 e. The Kier molecular flexibility index (Phi) is 5.85. The molecular weight excluding hydrogens is 255 g/mol. The second-order valence-electron chi connectivity index (χ2n) is 4.56. The molecule has 0 aromatic heterocycles. The van der Waals surface area contributed by atoms with E-state index in [9.17, 15) is 4.39 Å². The van der Waals surface area contributed by atoms with Crippen LogP contribution in [0, 0.1) is 5.82 Å². The van der Waals surface area contributed by atoms with E-state index >= 15 is 0 Å². The topological polar surface area (TPSA) is 38.5 Å². The molecule has 3 nitrogen and oxygen atoms in total. The molecule has 1 aliphatic heterocycles. The van der Waals surface area contributed by atoms with Crippen LogP contribution in [-0.2, 0) is 11.2 Å². The molecule has 102 valence electrons. The summed E-state index contributed by atoms with van der Waals surface area (Å²) in [7, 11) is 0. The maximum atomic E-state index is 13.9. The van der Waals surface area contributed by atoms with Crippen molar-refractivity contribution in [3.8, 4) is 0 Å². The molecule has 0 saturated carbocycles. The van der Waals surface area contributed by atoms with Crippen LogP contribution in [0.3, 0.4) is 0 Å². The van der Waals surface area contributed by atoms with E-state index in [1.165, 1.54) is 0 Å². The second-order valence-corrected chi connectivity index (χ2v) is 4.56. The highest BCUT2D eigenvalue weighted by atomic mass is 35.5. The van der Waals surface area contributed by atoms with Gasteiger partial charge in [-0.25, -0.2) is 4.39 Å². The summed E-state index contributed by atoms with van der Waals surface area (Å²) in [5, 5.41) is 0. The molecule has 0 spiro atoms. The van der Waals surface area contributed by atoms with Crippen LogP contribution >= 0.6 is 12.4 Å². The number of nitrogens with zero attached hydrogens (tertiary/aromatic N) is 1. The smallest absolute Gasteiger partial charge is 0.128 e. The standard InChI is InChI=1S/C13H19FN2O.ClH/c1-10(15)8-11-2-3-12(9-13(11)14)16-4-6-17-7-5-16;/h2-3,9-10H,4-8,15H2,1H3;1H. The van der Waals surface area contributed by atoms with Crippen molar-refractivity contribution in [3.63, 3.8) is 0 Å². The molecule has 1 fully saturated rings. The second kappa shape index (κ2) is 6.92. The van der Waals surface area contributed by atoms with Crippen molar-refractivity contribution < 1.29 is 9.13 Å². The molecule has 0 bridgehead atoms. The Morgan fingerprint density at radius 1 is 1.39 bits per heavy atom. The van der Waals surface area contributed by atoms with Crippen molar-refractivity contribution in [2.45, 2.75) is 19.4 Å². The van der Waals surface area contributed by atoms with Gasteiger partial charge in [-0.15, -0.1) is 12.4 Å². The van der Waals surface area contributed by atoms with Crippen molar-refractivity contribution in [1.82, 2.24) is 0 Å². The summed E-state index contributed by atoms with van der Waals surface area (Å²) in [4.78, 5) is 2.14. The number of hydrogen-bond acceptors (Lipinski definition) is 3. The zero-order valence-corrected chi connectivity index (χ0v) is 11.4. The molecule has 1 atom stereocenters. The zero-order valence-electron chi connectivity index (χ0n) is 10.6. The number of rotatable bonds is 3. The van der Waals surface area contributed by atoms with E-state index in [1.54, 1.807) is 6.07 Å². The lowest BCUT2D eigenvalue weighted by atomic mass is 10.1. The van der Waals surface area contributed by atoms with Crippen LogP contribution in [0.1, 0.15) is 12.5 Å². The predicted molar refractivity (Wildman–Crippen MR) is 74.0 cm³/mol. The number of ether oxygens (including phenoxy) is 1. The highest BCUT2D eigenvalue weighted by Crippen LogP contribution is 2.20. The first-order valence-corrected chi connectivity index (χ1v) is 6.03. The molecule has 2 N–H and O–H groups in total. The summed E-state index contributed by atoms with van der Waals surface area (Å²) in [5.74, 6) is -0.161. The summed E-state index contributed by atoms with van der Waals surface area (Å²) >= 11 is 0. The monoisotopic (exact) mass is 274 g/mol. The van der Waals surface area contributed by atoms with Gasteiger partial charge in [0.05, 0.1) is 13.2 Å². The van der Waals surface area contributed by atoms with Gasteiger partial charge in [0.15, 0.2) is 0 Å². The van der Waals surface area contributed by atoms with Crippen LogP contribution in [0.5, 0.6) is 0 Å². The van der Waals surface area contributed by atoms with Crippen LogP contribution < -0.4 is 10.6 Å². The fourth-order valence-corrected chi connectivity index (χ4v) is 2.07. The minimum atomic E-state index is -0.161. The van der Waals surface area contributed by atoms with Crippen LogP contribution in [0.15, 0.2) is 18.2 Å². The van der Waals surface area contributed by atoms with E-state index in [0.29, 0.717) is 25.2 Å². The van der Waals surface area contributed by atoms with Crippen molar-refractivity contribution >= 4 is 18.1 Å². The summed E-state index contributed by atoms with van der Waals surface area (Å²) in [6.07, 6.45) is 0.579. The molecule has 0 amide bonds. The quantitative estimate of drug-likeness (QED) is 0.916. The van der Waals surface area contributed by atoms with Crippen LogP contribution in [-0.4, -0.2) is 32.3 Å². The lowest BCUT2D eigenvalue weighted by Crippen LogP contribution is -2.36. The van der Waals surface area contributed by atoms with Gasteiger partial charge in [0, 0.05) is 24.8 Å². The lowest BCUT2D eigenvalue weighted by Gasteiger charge is -2.29. The molecule has 18 heavy (non-hydrogen) atoms. The first-order valence-electron chi connectivity index (χ1n) is 6.03. The van der Waals surface area contributed by atoms with E-state index in [4.69, 9.17) is 10.5 Å². The van der Waals surface area contributed by atoms with Gasteiger partial charge >= 0.3 is 0 Å². The number of benzene rings is 1. The Balaban J connectivity index is 0.00000162. The van der Waals surface area contributed by atoms with Gasteiger partial charge in [-0.3, -0.25) is 0 Å². The van der Waals surface area contributed by atoms with Crippen LogP contribution in [0.2, 0.25) is 0 Å². The van der Waals surface area contributed by atoms with Gasteiger partial charge in [0.25, 0.3) is 0 Å². The number of nitrogens with two attached hydrogens (primary N) is 1. The summed E-state index contributed by atoms with van der Waals surface area (Å²) in [5.41, 5.74) is 7.30. The largest absolute Gasteiger partial charge is 0.378 e. The SMILES string of the molecule is CC(N)Cc1ccc(N2CCOCC2)cc1F.Cl. The third-order valence-corrected chi connectivity index (χ3v) is 2.95. The van der Waals surface area contributed by atoms with Gasteiger partial charge in [-0.2, -0.15) is 0 Å². The molecular formula is C13H20ClFN2O.